The molecule has 19 heavy (non-hydrogen) atoms. The van der Waals surface area contributed by atoms with Crippen LogP contribution in [0.15, 0.2) is 30.3 Å². The zero-order chi connectivity index (χ0) is 14.2. The Hall–Kier alpha value is -0.990. The number of ether oxygens (including phenoxy) is 1. The van der Waals surface area contributed by atoms with Gasteiger partial charge < -0.3 is 4.74 Å². The fourth-order valence-electron chi connectivity index (χ4n) is 2.43. The van der Waals surface area contributed by atoms with Crippen molar-refractivity contribution in [2.24, 2.45) is 17.3 Å². The van der Waals surface area contributed by atoms with Crippen LogP contribution in [0, 0.1) is 17.3 Å². The normalized spacial score (nSPS) is 25.0. The van der Waals surface area contributed by atoms with Crippen LogP contribution in [0.3, 0.4) is 0 Å². The van der Waals surface area contributed by atoms with Gasteiger partial charge in [-0.15, -0.1) is 0 Å². The number of hydrogen-bond donors (Lipinski definition) is 0. The third-order valence-corrected chi connectivity index (χ3v) is 4.43. The second-order valence-corrected chi connectivity index (χ2v) is 6.15. The van der Waals surface area contributed by atoms with Crippen LogP contribution in [0.1, 0.15) is 19.4 Å². The predicted molar refractivity (Wildman–Crippen MR) is 78.4 cm³/mol. The molecule has 2 nitrogen and oxygen atoms in total. The van der Waals surface area contributed by atoms with Crippen molar-refractivity contribution in [3.63, 3.8) is 0 Å². The number of methoxy groups -OCH3 is 1. The van der Waals surface area contributed by atoms with Gasteiger partial charge in [0.05, 0.1) is 7.11 Å². The summed E-state index contributed by atoms with van der Waals surface area (Å²) < 4.78 is 5.10. The van der Waals surface area contributed by atoms with Gasteiger partial charge in [0.15, 0.2) is 0 Å². The summed E-state index contributed by atoms with van der Waals surface area (Å²) in [4.78, 5) is 11.3. The van der Waals surface area contributed by atoms with E-state index in [4.69, 9.17) is 27.9 Å². The van der Waals surface area contributed by atoms with E-state index < -0.39 is 0 Å². The van der Waals surface area contributed by atoms with Crippen molar-refractivity contribution >= 4 is 33.5 Å². The Morgan fingerprint density at radius 2 is 1.84 bits per heavy atom. The smallest absolute Gasteiger partial charge is 0.225 e. The Morgan fingerprint density at radius 1 is 1.26 bits per heavy atom. The molecule has 4 heteroatoms. The highest BCUT2D eigenvalue weighted by Crippen LogP contribution is 2.60. The molecule has 2 unspecified atom stereocenters. The molecule has 1 aliphatic carbocycles. The summed E-state index contributed by atoms with van der Waals surface area (Å²) >= 11 is 11.9. The molecule has 0 aliphatic heterocycles. The van der Waals surface area contributed by atoms with Crippen molar-refractivity contribution < 1.29 is 9.53 Å². The topological polar surface area (TPSA) is 26.3 Å². The van der Waals surface area contributed by atoms with Crippen LogP contribution >= 0.6 is 23.2 Å². The second kappa shape index (κ2) is 5.18. The zero-order valence-electron chi connectivity index (χ0n) is 11.1. The standard InChI is InChI=1S/C15H16Cl2O2/c1-15(2)11(13(15)14(17)18)8-12(16)9-4-6-10(19-3)7-5-9/h4-8,11,13H,1-3H3. The van der Waals surface area contributed by atoms with Crippen LogP contribution in [0.2, 0.25) is 0 Å². The lowest BCUT2D eigenvalue weighted by Gasteiger charge is -2.03. The molecule has 1 fully saturated rings. The molecule has 0 bridgehead atoms. The average molecular weight is 299 g/mol. The number of carbonyl (C=O) groups excluding carboxylic acids is 1. The predicted octanol–water partition coefficient (Wildman–Crippen LogP) is 4.31. The first kappa shape index (κ1) is 14.4. The van der Waals surface area contributed by atoms with Crippen molar-refractivity contribution in [2.45, 2.75) is 13.8 Å². The molecule has 0 aromatic heterocycles. The number of halogens is 2. The average Bonchev–Trinajstić information content (AvgIpc) is 2.91. The molecule has 1 saturated carbocycles. The summed E-state index contributed by atoms with van der Waals surface area (Å²) in [5.74, 6) is 0.752. The Kier molecular flexibility index (Phi) is 3.93. The van der Waals surface area contributed by atoms with Gasteiger partial charge in [0, 0.05) is 11.0 Å². The molecule has 2 rings (SSSR count). The molecule has 0 amide bonds. The Labute approximate surface area is 123 Å². The van der Waals surface area contributed by atoms with E-state index in [2.05, 4.69) is 0 Å². The summed E-state index contributed by atoms with van der Waals surface area (Å²) in [5.41, 5.74) is 0.803. The lowest BCUT2D eigenvalue weighted by atomic mass is 10.1. The van der Waals surface area contributed by atoms with Gasteiger partial charge in [-0.05, 0) is 52.8 Å². The van der Waals surface area contributed by atoms with E-state index in [0.717, 1.165) is 11.3 Å². The van der Waals surface area contributed by atoms with E-state index in [1.54, 1.807) is 7.11 Å². The van der Waals surface area contributed by atoms with E-state index in [-0.39, 0.29) is 22.5 Å². The van der Waals surface area contributed by atoms with Gasteiger partial charge in [0.25, 0.3) is 0 Å². The number of hydrogen-bond acceptors (Lipinski definition) is 2. The molecule has 0 radical (unpaired) electrons. The van der Waals surface area contributed by atoms with Crippen molar-refractivity contribution in [1.29, 1.82) is 0 Å². The van der Waals surface area contributed by atoms with Crippen molar-refractivity contribution in [2.75, 3.05) is 7.11 Å². The Balaban J connectivity index is 2.17. The van der Waals surface area contributed by atoms with Crippen LogP contribution in [0.5, 0.6) is 5.75 Å². The van der Waals surface area contributed by atoms with Crippen molar-refractivity contribution in [3.05, 3.63) is 35.9 Å². The number of carbonyl (C=O) groups is 1. The highest BCUT2D eigenvalue weighted by Gasteiger charge is 2.60. The monoisotopic (exact) mass is 298 g/mol. The third-order valence-electron chi connectivity index (χ3n) is 3.85. The van der Waals surface area contributed by atoms with Crippen LogP contribution in [0.25, 0.3) is 5.03 Å². The van der Waals surface area contributed by atoms with Gasteiger partial charge in [0.1, 0.15) is 5.75 Å². The van der Waals surface area contributed by atoms with Crippen LogP contribution < -0.4 is 4.74 Å². The van der Waals surface area contributed by atoms with Gasteiger partial charge in [0.2, 0.25) is 5.24 Å². The fourth-order valence-corrected chi connectivity index (χ4v) is 3.10. The molecule has 2 atom stereocenters. The maximum atomic E-state index is 11.3. The molecule has 1 aliphatic rings. The quantitative estimate of drug-likeness (QED) is 0.774. The molecular formula is C15H16Cl2O2. The molecule has 1 aromatic rings. The van der Waals surface area contributed by atoms with Crippen molar-refractivity contribution in [3.8, 4) is 5.75 Å². The first-order valence-corrected chi connectivity index (χ1v) is 6.84. The summed E-state index contributed by atoms with van der Waals surface area (Å²) in [6.45, 7) is 4.05. The minimum Gasteiger partial charge on any atom is -0.497 e. The van der Waals surface area contributed by atoms with E-state index in [9.17, 15) is 4.79 Å². The van der Waals surface area contributed by atoms with Crippen molar-refractivity contribution in [1.82, 2.24) is 0 Å². The maximum absolute atomic E-state index is 11.3. The zero-order valence-corrected chi connectivity index (χ0v) is 12.6. The van der Waals surface area contributed by atoms with E-state index in [0.29, 0.717) is 5.03 Å². The SMILES string of the molecule is COc1ccc(C(Cl)=CC2C(C(=O)Cl)C2(C)C)cc1. The van der Waals surface area contributed by atoms with E-state index in [1.807, 2.05) is 44.2 Å². The van der Waals surface area contributed by atoms with Crippen LogP contribution in [0.4, 0.5) is 0 Å². The molecule has 0 heterocycles. The van der Waals surface area contributed by atoms with Gasteiger partial charge in [-0.3, -0.25) is 4.79 Å². The molecule has 0 spiro atoms. The number of rotatable bonds is 4. The molecule has 0 saturated heterocycles. The summed E-state index contributed by atoms with van der Waals surface area (Å²) in [6.07, 6.45) is 1.92. The van der Waals surface area contributed by atoms with E-state index in [1.165, 1.54) is 0 Å². The molecule has 1 aromatic carbocycles. The summed E-state index contributed by atoms with van der Waals surface area (Å²) in [5, 5.41) is 0.353. The first-order valence-electron chi connectivity index (χ1n) is 6.09. The lowest BCUT2D eigenvalue weighted by molar-refractivity contribution is -0.113. The molecular weight excluding hydrogens is 283 g/mol. The summed E-state index contributed by atoms with van der Waals surface area (Å²) in [6, 6.07) is 7.50. The van der Waals surface area contributed by atoms with E-state index >= 15 is 0 Å². The highest BCUT2D eigenvalue weighted by atomic mass is 35.5. The van der Waals surface area contributed by atoms with Crippen LogP contribution in [-0.2, 0) is 4.79 Å². The fraction of sp³-hybridized carbons (Fsp3) is 0.400. The minimum atomic E-state index is -0.287. The second-order valence-electron chi connectivity index (χ2n) is 5.37. The first-order chi connectivity index (χ1) is 8.87. The van der Waals surface area contributed by atoms with Gasteiger partial charge in [-0.25, -0.2) is 0 Å². The van der Waals surface area contributed by atoms with Crippen LogP contribution in [-0.4, -0.2) is 12.4 Å². The van der Waals surface area contributed by atoms with Gasteiger partial charge in [-0.1, -0.05) is 31.5 Å². The molecule has 0 N–H and O–H groups in total. The lowest BCUT2D eigenvalue weighted by Crippen LogP contribution is -1.96. The third kappa shape index (κ3) is 2.80. The Morgan fingerprint density at radius 3 is 2.26 bits per heavy atom. The summed E-state index contributed by atoms with van der Waals surface area (Å²) in [7, 11) is 1.62. The van der Waals surface area contributed by atoms with Gasteiger partial charge >= 0.3 is 0 Å². The van der Waals surface area contributed by atoms with Gasteiger partial charge in [-0.2, -0.15) is 0 Å². The number of allylic oxidation sites excluding steroid dienone is 1. The highest BCUT2D eigenvalue weighted by molar-refractivity contribution is 6.64. The molecule has 102 valence electrons. The largest absolute Gasteiger partial charge is 0.497 e. The number of benzene rings is 1. The Bertz CT molecular complexity index is 517. The minimum absolute atomic E-state index is 0.104. The maximum Gasteiger partial charge on any atom is 0.225 e.